The van der Waals surface area contributed by atoms with Crippen molar-refractivity contribution in [2.75, 3.05) is 6.61 Å². The zero-order valence-corrected chi connectivity index (χ0v) is 10.5. The lowest BCUT2D eigenvalue weighted by molar-refractivity contribution is -0.334. The molecular formula is C13H16N2O4. The maximum absolute atomic E-state index is 8.94. The number of hydrogen-bond donors (Lipinski definition) is 3. The standard InChI is InChI=1S/C13H16N2O4/c1-15-11(7-8-14-15)12(19-9-13(16,17)18)10-5-3-2-4-6-10/h2-8,12,16-18H,9H2,1H3. The third kappa shape index (κ3) is 3.62. The Morgan fingerprint density at radius 2 is 1.89 bits per heavy atom. The van der Waals surface area contributed by atoms with Crippen LogP contribution in [0.4, 0.5) is 0 Å². The van der Waals surface area contributed by atoms with Gasteiger partial charge in [-0.1, -0.05) is 30.3 Å². The summed E-state index contributed by atoms with van der Waals surface area (Å²) in [7, 11) is 1.76. The predicted octanol–water partition coefficient (Wildman–Crippen LogP) is 0.157. The molecule has 6 heteroatoms. The van der Waals surface area contributed by atoms with E-state index in [1.165, 1.54) is 0 Å². The third-order valence-corrected chi connectivity index (χ3v) is 2.67. The normalized spacial score (nSPS) is 13.5. The average Bonchev–Trinajstić information content (AvgIpc) is 2.76. The smallest absolute Gasteiger partial charge is 0.300 e. The largest absolute Gasteiger partial charge is 0.359 e. The number of hydrogen-bond acceptors (Lipinski definition) is 5. The van der Waals surface area contributed by atoms with Crippen molar-refractivity contribution in [1.29, 1.82) is 0 Å². The van der Waals surface area contributed by atoms with Crippen LogP contribution in [0.3, 0.4) is 0 Å². The van der Waals surface area contributed by atoms with E-state index in [0.29, 0.717) is 0 Å². The maximum Gasteiger partial charge on any atom is 0.300 e. The SMILES string of the molecule is Cn1nccc1C(OCC(O)(O)O)c1ccccc1. The summed E-state index contributed by atoms with van der Waals surface area (Å²) in [6, 6.07) is 11.1. The lowest BCUT2D eigenvalue weighted by Crippen LogP contribution is -2.34. The Morgan fingerprint density at radius 1 is 1.21 bits per heavy atom. The molecule has 19 heavy (non-hydrogen) atoms. The summed E-state index contributed by atoms with van der Waals surface area (Å²) in [5.74, 6) is -2.86. The summed E-state index contributed by atoms with van der Waals surface area (Å²) in [6.07, 6.45) is 1.08. The van der Waals surface area contributed by atoms with Crippen LogP contribution in [-0.4, -0.2) is 37.7 Å². The number of nitrogens with zero attached hydrogens (tertiary/aromatic N) is 2. The highest BCUT2D eigenvalue weighted by atomic mass is 16.7. The molecule has 0 fully saturated rings. The zero-order valence-electron chi connectivity index (χ0n) is 10.5. The first-order valence-corrected chi connectivity index (χ1v) is 5.79. The molecule has 0 radical (unpaired) electrons. The molecule has 2 rings (SSSR count). The number of aliphatic hydroxyl groups is 3. The highest BCUT2D eigenvalue weighted by molar-refractivity contribution is 5.25. The van der Waals surface area contributed by atoms with Gasteiger partial charge in [0, 0.05) is 13.2 Å². The third-order valence-electron chi connectivity index (χ3n) is 2.67. The van der Waals surface area contributed by atoms with Gasteiger partial charge in [-0.2, -0.15) is 5.10 Å². The zero-order chi connectivity index (χ0) is 13.9. The van der Waals surface area contributed by atoms with Crippen LogP contribution in [0.5, 0.6) is 0 Å². The fourth-order valence-corrected chi connectivity index (χ4v) is 1.82. The molecule has 0 spiro atoms. The van der Waals surface area contributed by atoms with Gasteiger partial charge in [-0.25, -0.2) is 0 Å². The summed E-state index contributed by atoms with van der Waals surface area (Å²) in [6.45, 7) is -0.627. The van der Waals surface area contributed by atoms with Gasteiger partial charge in [0.2, 0.25) is 0 Å². The Bertz CT molecular complexity index is 519. The van der Waals surface area contributed by atoms with Gasteiger partial charge in [-0.3, -0.25) is 4.68 Å². The van der Waals surface area contributed by atoms with Crippen LogP contribution in [0.2, 0.25) is 0 Å². The number of aromatic nitrogens is 2. The summed E-state index contributed by atoms with van der Waals surface area (Å²) in [5, 5.41) is 30.9. The summed E-state index contributed by atoms with van der Waals surface area (Å²) in [5.41, 5.74) is 1.57. The number of aryl methyl sites for hydroxylation is 1. The van der Waals surface area contributed by atoms with Crippen LogP contribution in [0.25, 0.3) is 0 Å². The van der Waals surface area contributed by atoms with E-state index < -0.39 is 18.7 Å². The lowest BCUT2D eigenvalue weighted by atomic mass is 10.1. The first-order valence-electron chi connectivity index (χ1n) is 5.79. The minimum atomic E-state index is -2.86. The van der Waals surface area contributed by atoms with Crippen molar-refractivity contribution >= 4 is 0 Å². The molecule has 6 nitrogen and oxygen atoms in total. The van der Waals surface area contributed by atoms with Gasteiger partial charge in [0.1, 0.15) is 12.7 Å². The molecule has 0 aliphatic rings. The topological polar surface area (TPSA) is 87.7 Å². The Morgan fingerprint density at radius 3 is 2.42 bits per heavy atom. The van der Waals surface area contributed by atoms with Gasteiger partial charge >= 0.3 is 0 Å². The van der Waals surface area contributed by atoms with E-state index in [1.54, 1.807) is 24.0 Å². The highest BCUT2D eigenvalue weighted by Gasteiger charge is 2.24. The van der Waals surface area contributed by atoms with E-state index in [0.717, 1.165) is 11.3 Å². The Labute approximate surface area is 110 Å². The molecule has 1 aromatic heterocycles. The van der Waals surface area contributed by atoms with Gasteiger partial charge < -0.3 is 20.1 Å². The molecule has 2 aromatic rings. The second-order valence-electron chi connectivity index (χ2n) is 4.26. The molecule has 0 aliphatic carbocycles. The van der Waals surface area contributed by atoms with E-state index in [1.807, 2.05) is 30.3 Å². The Kier molecular flexibility index (Phi) is 3.96. The van der Waals surface area contributed by atoms with Crippen LogP contribution < -0.4 is 0 Å². The number of rotatable bonds is 5. The van der Waals surface area contributed by atoms with Crippen molar-refractivity contribution in [3.8, 4) is 0 Å². The first kappa shape index (κ1) is 13.7. The fourth-order valence-electron chi connectivity index (χ4n) is 1.82. The van der Waals surface area contributed by atoms with Crippen molar-refractivity contribution < 1.29 is 20.1 Å². The van der Waals surface area contributed by atoms with E-state index in [4.69, 9.17) is 20.1 Å². The van der Waals surface area contributed by atoms with Gasteiger partial charge in [0.05, 0.1) is 5.69 Å². The fraction of sp³-hybridized carbons (Fsp3) is 0.308. The van der Waals surface area contributed by atoms with Crippen LogP contribution in [0.1, 0.15) is 17.4 Å². The predicted molar refractivity (Wildman–Crippen MR) is 66.8 cm³/mol. The molecule has 1 atom stereocenters. The number of benzene rings is 1. The monoisotopic (exact) mass is 264 g/mol. The highest BCUT2D eigenvalue weighted by Crippen LogP contribution is 2.25. The maximum atomic E-state index is 8.94. The van der Waals surface area contributed by atoms with Gasteiger partial charge in [0.25, 0.3) is 5.97 Å². The Hall–Kier alpha value is -1.73. The minimum absolute atomic E-state index is 0.542. The van der Waals surface area contributed by atoms with E-state index in [2.05, 4.69) is 5.10 Å². The van der Waals surface area contributed by atoms with Gasteiger partial charge in [-0.05, 0) is 11.6 Å². The second kappa shape index (κ2) is 5.50. The quantitative estimate of drug-likeness (QED) is 0.669. The molecule has 0 bridgehead atoms. The molecular weight excluding hydrogens is 248 g/mol. The number of ether oxygens (including phenoxy) is 1. The van der Waals surface area contributed by atoms with Gasteiger partial charge in [-0.15, -0.1) is 0 Å². The van der Waals surface area contributed by atoms with Crippen molar-refractivity contribution in [3.63, 3.8) is 0 Å². The lowest BCUT2D eigenvalue weighted by Gasteiger charge is -2.22. The van der Waals surface area contributed by atoms with Gasteiger partial charge in [0.15, 0.2) is 0 Å². The van der Waals surface area contributed by atoms with E-state index >= 15 is 0 Å². The summed E-state index contributed by atoms with van der Waals surface area (Å²) >= 11 is 0. The first-order chi connectivity index (χ1) is 8.97. The molecule has 102 valence electrons. The van der Waals surface area contributed by atoms with Crippen LogP contribution in [0, 0.1) is 0 Å². The van der Waals surface area contributed by atoms with Crippen molar-refractivity contribution in [2.45, 2.75) is 12.1 Å². The van der Waals surface area contributed by atoms with Crippen molar-refractivity contribution in [1.82, 2.24) is 9.78 Å². The van der Waals surface area contributed by atoms with E-state index in [9.17, 15) is 0 Å². The molecule has 0 saturated carbocycles. The van der Waals surface area contributed by atoms with Crippen LogP contribution in [0.15, 0.2) is 42.6 Å². The summed E-state index contributed by atoms with van der Waals surface area (Å²) < 4.78 is 7.04. The minimum Gasteiger partial charge on any atom is -0.359 e. The van der Waals surface area contributed by atoms with Crippen LogP contribution in [-0.2, 0) is 11.8 Å². The summed E-state index contributed by atoms with van der Waals surface area (Å²) in [4.78, 5) is 0. The molecule has 1 heterocycles. The van der Waals surface area contributed by atoms with Crippen molar-refractivity contribution in [2.24, 2.45) is 7.05 Å². The molecule has 0 saturated heterocycles. The Balaban J connectivity index is 2.27. The molecule has 0 aliphatic heterocycles. The average molecular weight is 264 g/mol. The molecule has 0 amide bonds. The van der Waals surface area contributed by atoms with Crippen molar-refractivity contribution in [3.05, 3.63) is 53.9 Å². The van der Waals surface area contributed by atoms with E-state index in [-0.39, 0.29) is 0 Å². The van der Waals surface area contributed by atoms with Crippen LogP contribution >= 0.6 is 0 Å². The second-order valence-corrected chi connectivity index (χ2v) is 4.26. The molecule has 1 unspecified atom stereocenters. The molecule has 1 aromatic carbocycles. The molecule has 3 N–H and O–H groups in total.